The van der Waals surface area contributed by atoms with Gasteiger partial charge in [-0.3, -0.25) is 0 Å². The van der Waals surface area contributed by atoms with Crippen molar-refractivity contribution in [1.82, 2.24) is 0 Å². The van der Waals surface area contributed by atoms with Crippen molar-refractivity contribution < 1.29 is 18.6 Å². The summed E-state index contributed by atoms with van der Waals surface area (Å²) in [6.07, 6.45) is 2.55. The number of hydrogen-bond donors (Lipinski definition) is 1. The second-order valence-corrected chi connectivity index (χ2v) is 3.44. The van der Waals surface area contributed by atoms with Crippen molar-refractivity contribution in [1.29, 1.82) is 0 Å². The highest BCUT2D eigenvalue weighted by molar-refractivity contribution is 5.12. The van der Waals surface area contributed by atoms with Crippen LogP contribution in [0.1, 0.15) is 25.7 Å². The van der Waals surface area contributed by atoms with E-state index >= 15 is 0 Å². The molecule has 0 radical (unpaired) electrons. The molecule has 1 unspecified atom stereocenters. The molecule has 0 aromatic carbocycles. The minimum atomic E-state index is -2.42. The van der Waals surface area contributed by atoms with E-state index < -0.39 is 19.1 Å². The van der Waals surface area contributed by atoms with Crippen LogP contribution >= 0.6 is 0 Å². The van der Waals surface area contributed by atoms with E-state index in [1.165, 1.54) is 0 Å². The molecule has 0 saturated heterocycles. The fourth-order valence-corrected chi connectivity index (χ4v) is 1.55. The fraction of sp³-hybridized carbons (Fsp3) is 0.800. The maximum atomic E-state index is 11.7. The number of alkyl halides is 2. The second kappa shape index (κ2) is 6.09. The van der Waals surface area contributed by atoms with E-state index in [9.17, 15) is 13.9 Å². The zero-order valence-corrected chi connectivity index (χ0v) is 8.09. The first-order valence-electron chi connectivity index (χ1n) is 4.93. The standard InChI is InChI=1S/C10H16F2O2/c11-10(12)7-14-6-5-9(13)8-3-1-2-4-8/h3,9-10,13H,1-2,4-7H2. The summed E-state index contributed by atoms with van der Waals surface area (Å²) in [6.45, 7) is -0.339. The monoisotopic (exact) mass is 206 g/mol. The predicted octanol–water partition coefficient (Wildman–Crippen LogP) is 2.13. The van der Waals surface area contributed by atoms with Crippen LogP contribution in [0.15, 0.2) is 11.6 Å². The molecule has 0 heterocycles. The van der Waals surface area contributed by atoms with Gasteiger partial charge in [0.1, 0.15) is 6.61 Å². The molecular weight excluding hydrogens is 190 g/mol. The molecule has 1 rings (SSSR count). The van der Waals surface area contributed by atoms with Crippen molar-refractivity contribution in [2.75, 3.05) is 13.2 Å². The molecule has 82 valence electrons. The molecule has 0 saturated carbocycles. The van der Waals surface area contributed by atoms with Crippen molar-refractivity contribution in [2.45, 2.75) is 38.2 Å². The molecule has 2 nitrogen and oxygen atoms in total. The van der Waals surface area contributed by atoms with Crippen LogP contribution < -0.4 is 0 Å². The lowest BCUT2D eigenvalue weighted by Gasteiger charge is -2.11. The van der Waals surface area contributed by atoms with E-state index in [1.54, 1.807) is 0 Å². The van der Waals surface area contributed by atoms with Gasteiger partial charge in [-0.2, -0.15) is 0 Å². The van der Waals surface area contributed by atoms with Crippen LogP contribution in [-0.2, 0) is 4.74 Å². The highest BCUT2D eigenvalue weighted by Crippen LogP contribution is 2.22. The number of halogens is 2. The quantitative estimate of drug-likeness (QED) is 0.533. The molecule has 0 aromatic rings. The van der Waals surface area contributed by atoms with Gasteiger partial charge in [-0.05, 0) is 24.8 Å². The van der Waals surface area contributed by atoms with Crippen LogP contribution in [-0.4, -0.2) is 30.8 Å². The van der Waals surface area contributed by atoms with Gasteiger partial charge in [-0.15, -0.1) is 0 Å². The Morgan fingerprint density at radius 3 is 2.86 bits per heavy atom. The summed E-state index contributed by atoms with van der Waals surface area (Å²) in [6, 6.07) is 0. The zero-order chi connectivity index (χ0) is 10.4. The molecule has 1 aliphatic rings. The molecular formula is C10H16F2O2. The lowest BCUT2D eigenvalue weighted by molar-refractivity contribution is 0.00798. The number of hydrogen-bond acceptors (Lipinski definition) is 2. The van der Waals surface area contributed by atoms with Gasteiger partial charge in [0.15, 0.2) is 0 Å². The number of allylic oxidation sites excluding steroid dienone is 1. The lowest BCUT2D eigenvalue weighted by Crippen LogP contribution is -2.14. The van der Waals surface area contributed by atoms with Gasteiger partial charge in [-0.25, -0.2) is 8.78 Å². The molecule has 0 bridgehead atoms. The molecule has 0 fully saturated rings. The molecule has 0 spiro atoms. The predicted molar refractivity (Wildman–Crippen MR) is 49.4 cm³/mol. The van der Waals surface area contributed by atoms with Crippen LogP contribution in [0.25, 0.3) is 0 Å². The van der Waals surface area contributed by atoms with Gasteiger partial charge in [-0.1, -0.05) is 6.08 Å². The van der Waals surface area contributed by atoms with E-state index in [0.717, 1.165) is 24.8 Å². The van der Waals surface area contributed by atoms with E-state index in [0.29, 0.717) is 6.42 Å². The van der Waals surface area contributed by atoms with E-state index in [2.05, 4.69) is 4.74 Å². The molecule has 1 N–H and O–H groups in total. The first-order valence-corrected chi connectivity index (χ1v) is 4.93. The largest absolute Gasteiger partial charge is 0.389 e. The summed E-state index contributed by atoms with van der Waals surface area (Å²) < 4.78 is 28.0. The van der Waals surface area contributed by atoms with Crippen molar-refractivity contribution in [3.63, 3.8) is 0 Å². The van der Waals surface area contributed by atoms with Crippen LogP contribution in [0.5, 0.6) is 0 Å². The Kier molecular flexibility index (Phi) is 5.04. The van der Waals surface area contributed by atoms with Gasteiger partial charge in [0.25, 0.3) is 6.43 Å². The molecule has 1 aliphatic carbocycles. The third kappa shape index (κ3) is 4.15. The molecule has 0 amide bonds. The highest BCUT2D eigenvalue weighted by Gasteiger charge is 2.14. The summed E-state index contributed by atoms with van der Waals surface area (Å²) in [5.41, 5.74) is 1.03. The zero-order valence-electron chi connectivity index (χ0n) is 8.09. The van der Waals surface area contributed by atoms with E-state index in [4.69, 9.17) is 0 Å². The highest BCUT2D eigenvalue weighted by atomic mass is 19.3. The summed E-state index contributed by atoms with van der Waals surface area (Å²) in [5, 5.41) is 9.58. The van der Waals surface area contributed by atoms with Gasteiger partial charge in [0, 0.05) is 13.0 Å². The normalized spacial score (nSPS) is 18.7. The second-order valence-electron chi connectivity index (χ2n) is 3.44. The van der Waals surface area contributed by atoms with Crippen LogP contribution in [0.3, 0.4) is 0 Å². The van der Waals surface area contributed by atoms with Crippen LogP contribution in [0, 0.1) is 0 Å². The Bertz CT molecular complexity index is 193. The Hall–Kier alpha value is -0.480. The number of aliphatic hydroxyl groups excluding tert-OH is 1. The Balaban J connectivity index is 2.06. The van der Waals surface area contributed by atoms with Gasteiger partial charge in [0.2, 0.25) is 0 Å². The van der Waals surface area contributed by atoms with Gasteiger partial charge in [0.05, 0.1) is 6.10 Å². The Labute approximate surface area is 82.6 Å². The lowest BCUT2D eigenvalue weighted by atomic mass is 10.1. The van der Waals surface area contributed by atoms with Gasteiger partial charge < -0.3 is 9.84 Å². The Morgan fingerprint density at radius 2 is 2.29 bits per heavy atom. The van der Waals surface area contributed by atoms with E-state index in [1.807, 2.05) is 6.08 Å². The third-order valence-electron chi connectivity index (χ3n) is 2.28. The van der Waals surface area contributed by atoms with Crippen molar-refractivity contribution in [3.8, 4) is 0 Å². The summed E-state index contributed by atoms with van der Waals surface area (Å²) >= 11 is 0. The van der Waals surface area contributed by atoms with E-state index in [-0.39, 0.29) is 6.61 Å². The minimum absolute atomic E-state index is 0.197. The number of rotatable bonds is 6. The molecule has 0 aromatic heterocycles. The SMILES string of the molecule is OC(CCOCC(F)F)C1=CCCC1. The number of aliphatic hydroxyl groups is 1. The topological polar surface area (TPSA) is 29.5 Å². The molecule has 0 aliphatic heterocycles. The summed E-state index contributed by atoms with van der Waals surface area (Å²) in [5.74, 6) is 0. The van der Waals surface area contributed by atoms with Crippen molar-refractivity contribution >= 4 is 0 Å². The maximum absolute atomic E-state index is 11.7. The first kappa shape index (κ1) is 11.6. The third-order valence-corrected chi connectivity index (χ3v) is 2.28. The average Bonchev–Trinajstić information content (AvgIpc) is 2.64. The minimum Gasteiger partial charge on any atom is -0.389 e. The molecule has 4 heteroatoms. The van der Waals surface area contributed by atoms with Crippen molar-refractivity contribution in [3.05, 3.63) is 11.6 Å². The van der Waals surface area contributed by atoms with Crippen molar-refractivity contribution in [2.24, 2.45) is 0 Å². The maximum Gasteiger partial charge on any atom is 0.261 e. The first-order chi connectivity index (χ1) is 6.70. The number of ether oxygens (including phenoxy) is 1. The van der Waals surface area contributed by atoms with Crippen LogP contribution in [0.2, 0.25) is 0 Å². The Morgan fingerprint density at radius 1 is 1.50 bits per heavy atom. The average molecular weight is 206 g/mol. The molecule has 1 atom stereocenters. The van der Waals surface area contributed by atoms with Crippen LogP contribution in [0.4, 0.5) is 8.78 Å². The molecule has 14 heavy (non-hydrogen) atoms. The summed E-state index contributed by atoms with van der Waals surface area (Å²) in [4.78, 5) is 0. The summed E-state index contributed by atoms with van der Waals surface area (Å²) in [7, 11) is 0. The van der Waals surface area contributed by atoms with Gasteiger partial charge >= 0.3 is 0 Å². The fourth-order valence-electron chi connectivity index (χ4n) is 1.55. The smallest absolute Gasteiger partial charge is 0.261 e.